The summed E-state index contributed by atoms with van der Waals surface area (Å²) >= 11 is 0. The zero-order valence-corrected chi connectivity index (χ0v) is 10.3. The highest BCUT2D eigenvalue weighted by molar-refractivity contribution is 5.35. The maximum absolute atomic E-state index is 11.9. The molecule has 1 fully saturated rings. The van der Waals surface area contributed by atoms with E-state index >= 15 is 0 Å². The van der Waals surface area contributed by atoms with Crippen molar-refractivity contribution in [2.24, 2.45) is 0 Å². The van der Waals surface area contributed by atoms with Gasteiger partial charge in [-0.15, -0.1) is 0 Å². The molecule has 3 rings (SSSR count). The minimum Gasteiger partial charge on any atom is -0.307 e. The average Bonchev–Trinajstić information content (AvgIpc) is 2.99. The minimum absolute atomic E-state index is 0.172. The van der Waals surface area contributed by atoms with Crippen molar-refractivity contribution in [3.05, 3.63) is 46.1 Å². The van der Waals surface area contributed by atoms with E-state index in [4.69, 9.17) is 0 Å². The lowest BCUT2D eigenvalue weighted by Crippen LogP contribution is -2.22. The summed E-state index contributed by atoms with van der Waals surface area (Å²) in [4.78, 5) is 11.9. The quantitative estimate of drug-likeness (QED) is 0.837. The Bertz CT molecular complexity index is 590. The first-order chi connectivity index (χ1) is 8.75. The second-order valence-corrected chi connectivity index (χ2v) is 4.71. The van der Waals surface area contributed by atoms with Crippen molar-refractivity contribution in [2.45, 2.75) is 25.8 Å². The summed E-state index contributed by atoms with van der Waals surface area (Å²) in [5.74, 6) is 0.779. The molecule has 0 amide bonds. The molecule has 1 atom stereocenters. The smallest absolute Gasteiger partial charge is 0.307 e. The van der Waals surface area contributed by atoms with Crippen LogP contribution in [0.4, 0.5) is 0 Å². The molecule has 2 N–H and O–H groups in total. The monoisotopic (exact) mass is 244 g/mol. The summed E-state index contributed by atoms with van der Waals surface area (Å²) in [5, 5.41) is 10.1. The predicted octanol–water partition coefficient (Wildman–Crippen LogP) is 1.29. The third-order valence-corrected chi connectivity index (χ3v) is 3.36. The first-order valence-electron chi connectivity index (χ1n) is 6.23. The molecule has 2 heterocycles. The number of nitrogens with zero attached hydrogens (tertiary/aromatic N) is 2. The Kier molecular flexibility index (Phi) is 2.76. The van der Waals surface area contributed by atoms with E-state index in [0.29, 0.717) is 0 Å². The van der Waals surface area contributed by atoms with Crippen molar-refractivity contribution in [3.63, 3.8) is 0 Å². The van der Waals surface area contributed by atoms with Gasteiger partial charge in [-0.2, -0.15) is 5.10 Å². The lowest BCUT2D eigenvalue weighted by atomic mass is 10.2. The van der Waals surface area contributed by atoms with Crippen LogP contribution >= 0.6 is 0 Å². The maximum Gasteiger partial charge on any atom is 0.347 e. The van der Waals surface area contributed by atoms with Crippen LogP contribution in [0.15, 0.2) is 29.1 Å². The molecule has 0 spiro atoms. The second kappa shape index (κ2) is 4.42. The van der Waals surface area contributed by atoms with Gasteiger partial charge in [0.2, 0.25) is 0 Å². The van der Waals surface area contributed by atoms with Gasteiger partial charge in [-0.25, -0.2) is 14.5 Å². The fourth-order valence-electron chi connectivity index (χ4n) is 2.39. The number of rotatable bonds is 2. The van der Waals surface area contributed by atoms with Gasteiger partial charge in [-0.1, -0.05) is 17.7 Å². The number of aromatic nitrogens is 3. The van der Waals surface area contributed by atoms with Gasteiger partial charge in [0.15, 0.2) is 5.82 Å². The van der Waals surface area contributed by atoms with Gasteiger partial charge >= 0.3 is 5.69 Å². The van der Waals surface area contributed by atoms with Gasteiger partial charge in [-0.3, -0.25) is 0 Å². The van der Waals surface area contributed by atoms with E-state index < -0.39 is 0 Å². The highest BCUT2D eigenvalue weighted by atomic mass is 16.1. The second-order valence-electron chi connectivity index (χ2n) is 4.71. The van der Waals surface area contributed by atoms with Crippen molar-refractivity contribution >= 4 is 0 Å². The van der Waals surface area contributed by atoms with Crippen LogP contribution in [0.3, 0.4) is 0 Å². The van der Waals surface area contributed by atoms with Gasteiger partial charge in [0.05, 0.1) is 11.7 Å². The molecule has 18 heavy (non-hydrogen) atoms. The molecule has 1 aliphatic rings. The Labute approximate surface area is 105 Å². The lowest BCUT2D eigenvalue weighted by molar-refractivity contribution is 0.591. The van der Waals surface area contributed by atoms with Crippen molar-refractivity contribution < 1.29 is 0 Å². The fourth-order valence-corrected chi connectivity index (χ4v) is 2.39. The van der Waals surface area contributed by atoms with Crippen LogP contribution in [-0.2, 0) is 0 Å². The van der Waals surface area contributed by atoms with E-state index in [1.165, 1.54) is 5.56 Å². The van der Waals surface area contributed by atoms with E-state index in [1.807, 2.05) is 31.2 Å². The molecule has 1 aromatic carbocycles. The number of benzene rings is 1. The zero-order chi connectivity index (χ0) is 12.5. The van der Waals surface area contributed by atoms with Crippen LogP contribution in [0.25, 0.3) is 5.69 Å². The van der Waals surface area contributed by atoms with Crippen LogP contribution in [0.2, 0.25) is 0 Å². The van der Waals surface area contributed by atoms with Crippen LogP contribution in [0.5, 0.6) is 0 Å². The third-order valence-electron chi connectivity index (χ3n) is 3.36. The van der Waals surface area contributed by atoms with E-state index in [-0.39, 0.29) is 11.7 Å². The Morgan fingerprint density at radius 1 is 1.33 bits per heavy atom. The molecule has 0 aliphatic carbocycles. The molecule has 1 aromatic heterocycles. The number of nitrogens with one attached hydrogen (secondary N) is 2. The van der Waals surface area contributed by atoms with E-state index in [0.717, 1.165) is 30.9 Å². The Hall–Kier alpha value is -1.88. The molecule has 1 aliphatic heterocycles. The topological polar surface area (TPSA) is 62.7 Å². The van der Waals surface area contributed by atoms with E-state index in [2.05, 4.69) is 15.5 Å². The van der Waals surface area contributed by atoms with Crippen molar-refractivity contribution in [1.82, 2.24) is 20.1 Å². The number of H-pyrrole nitrogens is 1. The molecule has 5 nitrogen and oxygen atoms in total. The van der Waals surface area contributed by atoms with Crippen LogP contribution in [-0.4, -0.2) is 21.3 Å². The summed E-state index contributed by atoms with van der Waals surface area (Å²) in [6.45, 7) is 3.01. The Morgan fingerprint density at radius 2 is 2.11 bits per heavy atom. The van der Waals surface area contributed by atoms with Gasteiger partial charge in [0, 0.05) is 0 Å². The molecule has 2 aromatic rings. The van der Waals surface area contributed by atoms with Crippen molar-refractivity contribution in [1.29, 1.82) is 0 Å². The van der Waals surface area contributed by atoms with Gasteiger partial charge in [0.25, 0.3) is 0 Å². The SMILES string of the molecule is Cc1ccc(-n2c(C3CCCN3)n[nH]c2=O)cc1. The first-order valence-corrected chi connectivity index (χ1v) is 6.23. The molecule has 0 saturated carbocycles. The minimum atomic E-state index is -0.178. The lowest BCUT2D eigenvalue weighted by Gasteiger charge is -2.11. The fraction of sp³-hybridized carbons (Fsp3) is 0.385. The molecular formula is C13H16N4O. The molecule has 0 bridgehead atoms. The third kappa shape index (κ3) is 1.86. The Balaban J connectivity index is 2.07. The van der Waals surface area contributed by atoms with Gasteiger partial charge in [-0.05, 0) is 38.4 Å². The van der Waals surface area contributed by atoms with Crippen LogP contribution < -0.4 is 11.0 Å². The van der Waals surface area contributed by atoms with E-state index in [9.17, 15) is 4.79 Å². The van der Waals surface area contributed by atoms with Gasteiger partial charge < -0.3 is 5.32 Å². The Morgan fingerprint density at radius 3 is 2.78 bits per heavy atom. The van der Waals surface area contributed by atoms with E-state index in [1.54, 1.807) is 4.57 Å². The number of aromatic amines is 1. The molecule has 94 valence electrons. The van der Waals surface area contributed by atoms with Crippen molar-refractivity contribution in [3.8, 4) is 5.69 Å². The zero-order valence-electron chi connectivity index (χ0n) is 10.3. The normalized spacial score (nSPS) is 19.3. The largest absolute Gasteiger partial charge is 0.347 e. The number of aryl methyl sites for hydroxylation is 1. The van der Waals surface area contributed by atoms with Crippen molar-refractivity contribution in [2.75, 3.05) is 6.54 Å². The first kappa shape index (κ1) is 11.2. The molecule has 1 unspecified atom stereocenters. The summed E-state index contributed by atoms with van der Waals surface area (Å²) in [7, 11) is 0. The molecule has 0 radical (unpaired) electrons. The summed E-state index contributed by atoms with van der Waals surface area (Å²) in [5.41, 5.74) is 1.86. The molecule has 1 saturated heterocycles. The van der Waals surface area contributed by atoms with Crippen LogP contribution in [0, 0.1) is 6.92 Å². The van der Waals surface area contributed by atoms with Crippen LogP contribution in [0.1, 0.15) is 30.3 Å². The van der Waals surface area contributed by atoms with Gasteiger partial charge in [0.1, 0.15) is 0 Å². The highest BCUT2D eigenvalue weighted by Gasteiger charge is 2.23. The summed E-state index contributed by atoms with van der Waals surface area (Å²) in [6.07, 6.45) is 2.15. The highest BCUT2D eigenvalue weighted by Crippen LogP contribution is 2.22. The number of hydrogen-bond acceptors (Lipinski definition) is 3. The molecular weight excluding hydrogens is 228 g/mol. The standard InChI is InChI=1S/C13H16N4O/c1-9-4-6-10(7-5-9)17-12(15-16-13(17)18)11-3-2-8-14-11/h4-7,11,14H,2-3,8H2,1H3,(H,16,18). The number of hydrogen-bond donors (Lipinski definition) is 2. The average molecular weight is 244 g/mol. The maximum atomic E-state index is 11.9. The summed E-state index contributed by atoms with van der Waals surface area (Å²) in [6, 6.07) is 8.07. The predicted molar refractivity (Wildman–Crippen MR) is 68.9 cm³/mol. The molecule has 5 heteroatoms. The summed E-state index contributed by atoms with van der Waals surface area (Å²) < 4.78 is 1.66.